The van der Waals surface area contributed by atoms with Gasteiger partial charge in [-0.15, -0.1) is 0 Å². The summed E-state index contributed by atoms with van der Waals surface area (Å²) in [4.78, 5) is 11.8. The van der Waals surface area contributed by atoms with Crippen molar-refractivity contribution in [2.24, 2.45) is 0 Å². The Morgan fingerprint density at radius 1 is 1.18 bits per heavy atom. The molecule has 0 bridgehead atoms. The molecule has 2 aromatic rings. The van der Waals surface area contributed by atoms with Crippen LogP contribution in [0.1, 0.15) is 23.7 Å². The molecular formula is C18H21NO3. The van der Waals surface area contributed by atoms with Crippen LogP contribution in [0.3, 0.4) is 0 Å². The highest BCUT2D eigenvalue weighted by molar-refractivity contribution is 5.76. The van der Waals surface area contributed by atoms with Crippen molar-refractivity contribution in [1.82, 2.24) is 5.32 Å². The van der Waals surface area contributed by atoms with Crippen molar-refractivity contribution < 1.29 is 14.6 Å². The van der Waals surface area contributed by atoms with Gasteiger partial charge >= 0.3 is 0 Å². The smallest absolute Gasteiger partial charge is 0.222 e. The third kappa shape index (κ3) is 4.90. The Kier molecular flexibility index (Phi) is 5.98. The van der Waals surface area contributed by atoms with Crippen LogP contribution in [0, 0.1) is 0 Å². The lowest BCUT2D eigenvalue weighted by Gasteiger charge is -2.11. The number of nitrogens with one attached hydrogen (secondary N) is 1. The third-order valence-corrected chi connectivity index (χ3v) is 3.43. The fourth-order valence-corrected chi connectivity index (χ4v) is 2.22. The van der Waals surface area contributed by atoms with E-state index in [0.29, 0.717) is 6.54 Å². The predicted octanol–water partition coefficient (Wildman–Crippen LogP) is 2.48. The van der Waals surface area contributed by atoms with Gasteiger partial charge in [-0.3, -0.25) is 4.79 Å². The van der Waals surface area contributed by atoms with Crippen molar-refractivity contribution >= 4 is 5.91 Å². The average molecular weight is 299 g/mol. The molecule has 0 saturated carbocycles. The molecular weight excluding hydrogens is 278 g/mol. The molecule has 0 aliphatic rings. The lowest BCUT2D eigenvalue weighted by molar-refractivity contribution is -0.123. The second-order valence-electron chi connectivity index (χ2n) is 5.08. The standard InChI is InChI=1S/C18H21NO3/c1-22-16-9-5-6-14(12-16)10-11-19-18(21)13-17(20)15-7-3-2-4-8-15/h2-9,12,17,20H,10-11,13H2,1H3,(H,19,21). The minimum Gasteiger partial charge on any atom is -0.497 e. The molecule has 4 heteroatoms. The van der Waals surface area contributed by atoms with E-state index in [1.54, 1.807) is 7.11 Å². The van der Waals surface area contributed by atoms with Gasteiger partial charge in [0.15, 0.2) is 0 Å². The van der Waals surface area contributed by atoms with Crippen LogP contribution >= 0.6 is 0 Å². The number of hydrogen-bond donors (Lipinski definition) is 2. The summed E-state index contributed by atoms with van der Waals surface area (Å²) in [6.45, 7) is 0.535. The van der Waals surface area contributed by atoms with Crippen molar-refractivity contribution in [2.45, 2.75) is 18.9 Å². The molecule has 0 spiro atoms. The maximum Gasteiger partial charge on any atom is 0.222 e. The van der Waals surface area contributed by atoms with Crippen molar-refractivity contribution in [2.75, 3.05) is 13.7 Å². The highest BCUT2D eigenvalue weighted by Crippen LogP contribution is 2.16. The van der Waals surface area contributed by atoms with Crippen LogP contribution < -0.4 is 10.1 Å². The Morgan fingerprint density at radius 2 is 1.95 bits per heavy atom. The summed E-state index contributed by atoms with van der Waals surface area (Å²) in [6.07, 6.45) is 0.0324. The molecule has 2 rings (SSSR count). The summed E-state index contributed by atoms with van der Waals surface area (Å²) in [5.74, 6) is 0.655. The molecule has 1 atom stereocenters. The van der Waals surface area contributed by atoms with Crippen LogP contribution in [-0.2, 0) is 11.2 Å². The molecule has 116 valence electrons. The van der Waals surface area contributed by atoms with Gasteiger partial charge in [0.05, 0.1) is 19.6 Å². The summed E-state index contributed by atoms with van der Waals surface area (Å²) in [7, 11) is 1.63. The summed E-state index contributed by atoms with van der Waals surface area (Å²) in [5.41, 5.74) is 1.86. The van der Waals surface area contributed by atoms with Crippen LogP contribution in [0.15, 0.2) is 54.6 Å². The minimum absolute atomic E-state index is 0.0716. The second-order valence-corrected chi connectivity index (χ2v) is 5.08. The van der Waals surface area contributed by atoms with E-state index in [2.05, 4.69) is 5.32 Å². The van der Waals surface area contributed by atoms with Crippen LogP contribution in [0.25, 0.3) is 0 Å². The summed E-state index contributed by atoms with van der Waals surface area (Å²) in [6, 6.07) is 17.0. The van der Waals surface area contributed by atoms with E-state index in [9.17, 15) is 9.90 Å². The number of aliphatic hydroxyl groups excluding tert-OH is 1. The predicted molar refractivity (Wildman–Crippen MR) is 85.7 cm³/mol. The van der Waals surface area contributed by atoms with E-state index in [-0.39, 0.29) is 12.3 Å². The first kappa shape index (κ1) is 16.0. The molecule has 2 aromatic carbocycles. The second kappa shape index (κ2) is 8.20. The Hall–Kier alpha value is -2.33. The Labute approximate surface area is 130 Å². The molecule has 0 aliphatic heterocycles. The maximum absolute atomic E-state index is 11.8. The fraction of sp³-hybridized carbons (Fsp3) is 0.278. The van der Waals surface area contributed by atoms with Gasteiger partial charge in [0.25, 0.3) is 0 Å². The number of aliphatic hydroxyl groups is 1. The molecule has 0 aromatic heterocycles. The van der Waals surface area contributed by atoms with E-state index in [4.69, 9.17) is 4.74 Å². The Balaban J connectivity index is 1.76. The molecule has 0 heterocycles. The molecule has 22 heavy (non-hydrogen) atoms. The largest absolute Gasteiger partial charge is 0.497 e. The van der Waals surface area contributed by atoms with Crippen LogP contribution in [0.5, 0.6) is 5.75 Å². The number of benzene rings is 2. The number of carbonyl (C=O) groups excluding carboxylic acids is 1. The molecule has 1 amide bonds. The first-order valence-electron chi connectivity index (χ1n) is 7.31. The van der Waals surface area contributed by atoms with E-state index in [1.807, 2.05) is 54.6 Å². The molecule has 0 radical (unpaired) electrons. The number of ether oxygens (including phenoxy) is 1. The molecule has 1 unspecified atom stereocenters. The number of rotatable bonds is 7. The Morgan fingerprint density at radius 3 is 2.68 bits per heavy atom. The normalized spacial score (nSPS) is 11.7. The monoisotopic (exact) mass is 299 g/mol. The SMILES string of the molecule is COc1cccc(CCNC(=O)CC(O)c2ccccc2)c1. The molecule has 4 nitrogen and oxygen atoms in total. The van der Waals surface area contributed by atoms with E-state index >= 15 is 0 Å². The average Bonchev–Trinajstić information content (AvgIpc) is 2.56. The van der Waals surface area contributed by atoms with E-state index < -0.39 is 6.10 Å². The highest BCUT2D eigenvalue weighted by atomic mass is 16.5. The van der Waals surface area contributed by atoms with Crippen LogP contribution in [0.4, 0.5) is 0 Å². The van der Waals surface area contributed by atoms with Crippen molar-refractivity contribution in [1.29, 1.82) is 0 Å². The van der Waals surface area contributed by atoms with Gasteiger partial charge in [-0.25, -0.2) is 0 Å². The number of carbonyl (C=O) groups is 1. The van der Waals surface area contributed by atoms with Gasteiger partial charge in [-0.05, 0) is 29.7 Å². The summed E-state index contributed by atoms with van der Waals surface area (Å²) >= 11 is 0. The van der Waals surface area contributed by atoms with Gasteiger partial charge in [0.2, 0.25) is 5.91 Å². The quantitative estimate of drug-likeness (QED) is 0.826. The zero-order valence-corrected chi connectivity index (χ0v) is 12.7. The summed E-state index contributed by atoms with van der Waals surface area (Å²) in [5, 5.41) is 12.8. The number of methoxy groups -OCH3 is 1. The Bertz CT molecular complexity index is 598. The molecule has 0 saturated heterocycles. The van der Waals surface area contributed by atoms with Gasteiger partial charge in [-0.2, -0.15) is 0 Å². The van der Waals surface area contributed by atoms with Crippen LogP contribution in [0.2, 0.25) is 0 Å². The lowest BCUT2D eigenvalue weighted by atomic mass is 10.1. The lowest BCUT2D eigenvalue weighted by Crippen LogP contribution is -2.27. The van der Waals surface area contributed by atoms with Crippen LogP contribution in [-0.4, -0.2) is 24.7 Å². The van der Waals surface area contributed by atoms with Gasteiger partial charge in [0, 0.05) is 6.54 Å². The molecule has 0 fully saturated rings. The molecule has 2 N–H and O–H groups in total. The van der Waals surface area contributed by atoms with Gasteiger partial charge in [-0.1, -0.05) is 42.5 Å². The van der Waals surface area contributed by atoms with E-state index in [1.165, 1.54) is 0 Å². The zero-order chi connectivity index (χ0) is 15.8. The summed E-state index contributed by atoms with van der Waals surface area (Å²) < 4.78 is 5.16. The highest BCUT2D eigenvalue weighted by Gasteiger charge is 2.12. The van der Waals surface area contributed by atoms with Gasteiger partial charge in [0.1, 0.15) is 5.75 Å². The minimum atomic E-state index is -0.766. The first-order chi connectivity index (χ1) is 10.7. The topological polar surface area (TPSA) is 58.6 Å². The van der Waals surface area contributed by atoms with Crippen molar-refractivity contribution in [3.8, 4) is 5.75 Å². The van der Waals surface area contributed by atoms with Gasteiger partial charge < -0.3 is 15.2 Å². The molecule has 0 aliphatic carbocycles. The maximum atomic E-state index is 11.8. The fourth-order valence-electron chi connectivity index (χ4n) is 2.22. The van der Waals surface area contributed by atoms with Crippen molar-refractivity contribution in [3.05, 3.63) is 65.7 Å². The van der Waals surface area contributed by atoms with Crippen molar-refractivity contribution in [3.63, 3.8) is 0 Å². The number of amides is 1. The number of hydrogen-bond acceptors (Lipinski definition) is 3. The van der Waals surface area contributed by atoms with E-state index in [0.717, 1.165) is 23.3 Å². The third-order valence-electron chi connectivity index (χ3n) is 3.43. The first-order valence-corrected chi connectivity index (χ1v) is 7.31. The zero-order valence-electron chi connectivity index (χ0n) is 12.7.